The number of carbonyl (C=O) groups is 1. The molecule has 0 aliphatic carbocycles. The fraction of sp³-hybridized carbons (Fsp3) is 0.462. The maximum Gasteiger partial charge on any atom is 1.00 e. The van der Waals surface area contributed by atoms with E-state index in [4.69, 9.17) is 4.74 Å². The zero-order chi connectivity index (χ0) is 15.6. The number of benzene rings is 1. The molecule has 1 fully saturated rings. The Kier molecular flexibility index (Phi) is 7.28. The molecule has 116 valence electrons. The maximum atomic E-state index is 14.0. The van der Waals surface area contributed by atoms with E-state index >= 15 is 0 Å². The van der Waals surface area contributed by atoms with Crippen molar-refractivity contribution in [3.05, 3.63) is 29.6 Å². The third-order valence-electron chi connectivity index (χ3n) is 3.21. The number of hydrogen-bond acceptors (Lipinski definition) is 4. The Labute approximate surface area is 166 Å². The van der Waals surface area contributed by atoms with Crippen LogP contribution in [0.5, 0.6) is 0 Å². The molecule has 1 unspecified atom stereocenters. The van der Waals surface area contributed by atoms with E-state index in [9.17, 15) is 27.5 Å². The minimum Gasteiger partial charge on any atom is -0.548 e. The predicted molar refractivity (Wildman–Crippen MR) is 63.0 cm³/mol. The average Bonchev–Trinajstić information content (AvgIpc) is 2.83. The van der Waals surface area contributed by atoms with Crippen LogP contribution in [0.1, 0.15) is 12.0 Å². The number of carboxylic acids is 1. The molecule has 0 saturated carbocycles. The summed E-state index contributed by atoms with van der Waals surface area (Å²) in [5.74, 6) is -2.70. The van der Waals surface area contributed by atoms with Gasteiger partial charge >= 0.3 is 57.6 Å². The monoisotopic (exact) mass is 345 g/mol. The Balaban J connectivity index is 0.00000242. The summed E-state index contributed by atoms with van der Waals surface area (Å²) >= 11 is 0. The van der Waals surface area contributed by atoms with Gasteiger partial charge in [0.05, 0.1) is 29.9 Å². The van der Waals surface area contributed by atoms with Gasteiger partial charge < -0.3 is 19.5 Å². The number of anilines is 1. The second-order valence-corrected chi connectivity index (χ2v) is 4.68. The van der Waals surface area contributed by atoms with E-state index in [1.54, 1.807) is 0 Å². The standard InChI is InChI=1S/C13H13F4NO3.K/c14-12-9(13(15,16)17)2-1-3-10(12)18-5-4-8(6-18)21-7-11(19)20;/h1-3,8H,4-7H2,(H,19,20);/q;+1/p-1. The Morgan fingerprint density at radius 3 is 2.68 bits per heavy atom. The molecule has 2 rings (SSSR count). The summed E-state index contributed by atoms with van der Waals surface area (Å²) in [6.07, 6.45) is -4.83. The molecule has 1 aromatic rings. The largest absolute Gasteiger partial charge is 1.00 e. The summed E-state index contributed by atoms with van der Waals surface area (Å²) in [5, 5.41) is 10.3. The average molecular weight is 345 g/mol. The fourth-order valence-electron chi connectivity index (χ4n) is 2.25. The second-order valence-electron chi connectivity index (χ2n) is 4.68. The zero-order valence-corrected chi connectivity index (χ0v) is 14.9. The van der Waals surface area contributed by atoms with Crippen molar-refractivity contribution >= 4 is 11.7 Å². The van der Waals surface area contributed by atoms with E-state index in [0.717, 1.165) is 6.07 Å². The first-order chi connectivity index (χ1) is 9.79. The van der Waals surface area contributed by atoms with Gasteiger partial charge in [-0.05, 0) is 18.6 Å². The normalized spacial score (nSPS) is 18.2. The van der Waals surface area contributed by atoms with Gasteiger partial charge in [0.1, 0.15) is 0 Å². The van der Waals surface area contributed by atoms with Crippen molar-refractivity contribution in [2.45, 2.75) is 18.7 Å². The number of rotatable bonds is 4. The molecule has 1 heterocycles. The smallest absolute Gasteiger partial charge is 0.548 e. The third kappa shape index (κ3) is 4.90. The summed E-state index contributed by atoms with van der Waals surface area (Å²) < 4.78 is 56.9. The molecular weight excluding hydrogens is 333 g/mol. The first-order valence-corrected chi connectivity index (χ1v) is 6.21. The van der Waals surface area contributed by atoms with Gasteiger partial charge in [-0.15, -0.1) is 0 Å². The molecule has 0 spiro atoms. The number of nitrogens with zero attached hydrogens (tertiary/aromatic N) is 1. The van der Waals surface area contributed by atoms with E-state index in [2.05, 4.69) is 0 Å². The zero-order valence-electron chi connectivity index (χ0n) is 11.8. The first kappa shape index (κ1) is 19.9. The summed E-state index contributed by atoms with van der Waals surface area (Å²) in [5.41, 5.74) is -1.48. The number of aliphatic carboxylic acids is 1. The Hall–Kier alpha value is -0.194. The molecule has 1 atom stereocenters. The molecule has 1 aromatic carbocycles. The van der Waals surface area contributed by atoms with E-state index in [1.807, 2.05) is 0 Å². The van der Waals surface area contributed by atoms with Crippen molar-refractivity contribution in [2.24, 2.45) is 0 Å². The van der Waals surface area contributed by atoms with Gasteiger partial charge in [-0.1, -0.05) is 6.07 Å². The van der Waals surface area contributed by atoms with Crippen molar-refractivity contribution in [1.82, 2.24) is 0 Å². The Bertz CT molecular complexity index is 539. The summed E-state index contributed by atoms with van der Waals surface area (Å²) in [4.78, 5) is 11.7. The Morgan fingerprint density at radius 1 is 1.41 bits per heavy atom. The van der Waals surface area contributed by atoms with Crippen LogP contribution in [0.2, 0.25) is 0 Å². The van der Waals surface area contributed by atoms with Crippen molar-refractivity contribution in [2.75, 3.05) is 24.6 Å². The van der Waals surface area contributed by atoms with Gasteiger partial charge in [0.25, 0.3) is 0 Å². The second kappa shape index (κ2) is 8.07. The van der Waals surface area contributed by atoms with Crippen LogP contribution in [0, 0.1) is 5.82 Å². The number of halogens is 4. The summed E-state index contributed by atoms with van der Waals surface area (Å²) in [7, 11) is 0. The maximum absolute atomic E-state index is 14.0. The van der Waals surface area contributed by atoms with E-state index in [0.29, 0.717) is 12.5 Å². The molecule has 9 heteroatoms. The molecule has 4 nitrogen and oxygen atoms in total. The Morgan fingerprint density at radius 2 is 2.09 bits per heavy atom. The van der Waals surface area contributed by atoms with Crippen molar-refractivity contribution in [1.29, 1.82) is 0 Å². The topological polar surface area (TPSA) is 52.6 Å². The molecule has 1 aliphatic rings. The molecule has 0 amide bonds. The van der Waals surface area contributed by atoms with Crippen LogP contribution in [-0.2, 0) is 15.7 Å². The number of ether oxygens (including phenoxy) is 1. The third-order valence-corrected chi connectivity index (χ3v) is 3.21. The van der Waals surface area contributed by atoms with Gasteiger partial charge in [0.15, 0.2) is 5.82 Å². The molecule has 1 aliphatic heterocycles. The number of alkyl halides is 3. The van der Waals surface area contributed by atoms with E-state index < -0.39 is 36.2 Å². The predicted octanol–water partition coefficient (Wildman–Crippen LogP) is -1.81. The van der Waals surface area contributed by atoms with E-state index in [-0.39, 0.29) is 70.2 Å². The molecule has 22 heavy (non-hydrogen) atoms. The van der Waals surface area contributed by atoms with Crippen LogP contribution in [0.25, 0.3) is 0 Å². The number of carboxylic acid groups (broad SMARTS) is 1. The van der Waals surface area contributed by atoms with Crippen LogP contribution in [0.4, 0.5) is 23.2 Å². The van der Waals surface area contributed by atoms with Crippen molar-refractivity contribution in [3.63, 3.8) is 0 Å². The van der Waals surface area contributed by atoms with Crippen LogP contribution in [0.3, 0.4) is 0 Å². The molecule has 0 aromatic heterocycles. The molecule has 0 N–H and O–H groups in total. The minimum atomic E-state index is -4.76. The quantitative estimate of drug-likeness (QED) is 0.477. The molecule has 0 radical (unpaired) electrons. The molecule has 1 saturated heterocycles. The van der Waals surface area contributed by atoms with Gasteiger partial charge in [-0.2, -0.15) is 13.2 Å². The molecular formula is C13H12F4KNO3. The summed E-state index contributed by atoms with van der Waals surface area (Å²) in [6, 6.07) is 3.07. The van der Waals surface area contributed by atoms with E-state index in [1.165, 1.54) is 11.0 Å². The van der Waals surface area contributed by atoms with Crippen molar-refractivity contribution in [3.8, 4) is 0 Å². The van der Waals surface area contributed by atoms with Gasteiger partial charge in [0.2, 0.25) is 0 Å². The van der Waals surface area contributed by atoms with Crippen LogP contribution < -0.4 is 61.4 Å². The first-order valence-electron chi connectivity index (χ1n) is 6.21. The van der Waals surface area contributed by atoms with Gasteiger partial charge in [0, 0.05) is 13.1 Å². The van der Waals surface area contributed by atoms with Crippen LogP contribution in [0.15, 0.2) is 18.2 Å². The van der Waals surface area contributed by atoms with Crippen LogP contribution >= 0.6 is 0 Å². The number of hydrogen-bond donors (Lipinski definition) is 0. The van der Waals surface area contributed by atoms with Crippen molar-refractivity contribution < 1.29 is 83.6 Å². The van der Waals surface area contributed by atoms with Crippen LogP contribution in [-0.4, -0.2) is 31.8 Å². The van der Waals surface area contributed by atoms with Gasteiger partial charge in [-0.25, -0.2) is 4.39 Å². The number of carbonyl (C=O) groups excluding carboxylic acids is 1. The molecule has 0 bridgehead atoms. The minimum absolute atomic E-state index is 0. The SMILES string of the molecule is O=C([O-])COC1CCN(c2cccc(C(F)(F)F)c2F)C1.[K+]. The van der Waals surface area contributed by atoms with Gasteiger partial charge in [-0.3, -0.25) is 0 Å². The fourth-order valence-corrected chi connectivity index (χ4v) is 2.25. The summed E-state index contributed by atoms with van der Waals surface area (Å²) in [6.45, 7) is -0.176.